The summed E-state index contributed by atoms with van der Waals surface area (Å²) in [7, 11) is 0. The van der Waals surface area contributed by atoms with Gasteiger partial charge in [-0.3, -0.25) is 4.90 Å². The second kappa shape index (κ2) is 4.09. The molecule has 0 unspecified atom stereocenters. The first-order valence-electron chi connectivity index (χ1n) is 5.78. The largest absolute Gasteiger partial charge is 0.449 e. The molecule has 2 aromatic rings. The van der Waals surface area contributed by atoms with Crippen molar-refractivity contribution in [2.24, 2.45) is 0 Å². The first kappa shape index (κ1) is 10.1. The number of rotatable bonds is 1. The molecule has 2 aromatic carbocycles. The van der Waals surface area contributed by atoms with Crippen LogP contribution in [0.1, 0.15) is 6.42 Å². The Morgan fingerprint density at radius 1 is 1.06 bits per heavy atom. The Labute approximate surface area is 99.6 Å². The molecule has 86 valence electrons. The van der Waals surface area contributed by atoms with E-state index in [0.717, 1.165) is 29.4 Å². The number of carbonyl (C=O) groups is 1. The fraction of sp³-hybridized carbons (Fsp3) is 0.214. The number of hydrogen-bond acceptors (Lipinski definition) is 2. The van der Waals surface area contributed by atoms with Crippen molar-refractivity contribution in [3.05, 3.63) is 42.5 Å². The molecule has 0 spiro atoms. The van der Waals surface area contributed by atoms with Gasteiger partial charge in [0.15, 0.2) is 0 Å². The average molecular weight is 227 g/mol. The minimum Gasteiger partial charge on any atom is -0.449 e. The van der Waals surface area contributed by atoms with Crippen LogP contribution in [0.25, 0.3) is 10.8 Å². The van der Waals surface area contributed by atoms with Crippen LogP contribution in [0.15, 0.2) is 42.5 Å². The highest BCUT2D eigenvalue weighted by Gasteiger charge is 2.22. The number of hydrogen-bond donors (Lipinski definition) is 0. The number of amides is 1. The maximum Gasteiger partial charge on any atom is 0.414 e. The number of anilines is 1. The molecule has 0 aliphatic carbocycles. The molecule has 1 fully saturated rings. The lowest BCUT2D eigenvalue weighted by atomic mass is 10.1. The van der Waals surface area contributed by atoms with Crippen LogP contribution in [-0.4, -0.2) is 19.2 Å². The highest BCUT2D eigenvalue weighted by atomic mass is 16.6. The Bertz CT molecular complexity index is 560. The van der Waals surface area contributed by atoms with Crippen LogP contribution in [-0.2, 0) is 4.74 Å². The molecule has 1 saturated heterocycles. The highest BCUT2D eigenvalue weighted by Crippen LogP contribution is 2.28. The average Bonchev–Trinajstić information content (AvgIpc) is 2.39. The van der Waals surface area contributed by atoms with Crippen molar-refractivity contribution in [3.8, 4) is 0 Å². The van der Waals surface area contributed by atoms with Crippen LogP contribution in [0.4, 0.5) is 10.5 Å². The van der Waals surface area contributed by atoms with Crippen LogP contribution >= 0.6 is 0 Å². The first-order valence-corrected chi connectivity index (χ1v) is 5.78. The summed E-state index contributed by atoms with van der Waals surface area (Å²) in [5, 5.41) is 2.23. The van der Waals surface area contributed by atoms with E-state index in [1.54, 1.807) is 4.90 Å². The molecule has 3 nitrogen and oxygen atoms in total. The number of ether oxygens (including phenoxy) is 1. The Morgan fingerprint density at radius 3 is 2.76 bits per heavy atom. The zero-order chi connectivity index (χ0) is 11.7. The third-order valence-corrected chi connectivity index (χ3v) is 3.03. The van der Waals surface area contributed by atoms with Gasteiger partial charge in [0.1, 0.15) is 0 Å². The Kier molecular flexibility index (Phi) is 2.44. The van der Waals surface area contributed by atoms with Gasteiger partial charge in [0.2, 0.25) is 0 Å². The summed E-state index contributed by atoms with van der Waals surface area (Å²) in [5.74, 6) is 0. The molecule has 1 heterocycles. The maximum absolute atomic E-state index is 11.7. The third-order valence-electron chi connectivity index (χ3n) is 3.03. The number of benzene rings is 2. The molecule has 1 amide bonds. The van der Waals surface area contributed by atoms with E-state index >= 15 is 0 Å². The number of nitrogens with zero attached hydrogens (tertiary/aromatic N) is 1. The Balaban J connectivity index is 2.13. The topological polar surface area (TPSA) is 29.5 Å². The van der Waals surface area contributed by atoms with Gasteiger partial charge in [-0.2, -0.15) is 0 Å². The quantitative estimate of drug-likeness (QED) is 0.748. The maximum atomic E-state index is 11.7. The molecule has 1 aliphatic rings. The Hall–Kier alpha value is -2.03. The molecular formula is C14H13NO2. The molecule has 0 radical (unpaired) electrons. The predicted octanol–water partition coefficient (Wildman–Crippen LogP) is 3.19. The molecule has 3 heteroatoms. The van der Waals surface area contributed by atoms with Crippen molar-refractivity contribution in [2.75, 3.05) is 18.1 Å². The summed E-state index contributed by atoms with van der Waals surface area (Å²) in [6, 6.07) is 14.1. The fourth-order valence-electron chi connectivity index (χ4n) is 2.21. The van der Waals surface area contributed by atoms with E-state index in [2.05, 4.69) is 0 Å². The second-order valence-corrected chi connectivity index (χ2v) is 4.12. The number of cyclic esters (lactones) is 1. The van der Waals surface area contributed by atoms with Gasteiger partial charge in [-0.05, 0) is 17.9 Å². The second-order valence-electron chi connectivity index (χ2n) is 4.12. The summed E-state index contributed by atoms with van der Waals surface area (Å²) in [5.41, 5.74) is 0.938. The molecule has 0 N–H and O–H groups in total. The van der Waals surface area contributed by atoms with Gasteiger partial charge >= 0.3 is 6.09 Å². The van der Waals surface area contributed by atoms with Crippen LogP contribution in [0.2, 0.25) is 0 Å². The summed E-state index contributed by atoms with van der Waals surface area (Å²) < 4.78 is 5.08. The van der Waals surface area contributed by atoms with Gasteiger partial charge in [0, 0.05) is 11.9 Å². The van der Waals surface area contributed by atoms with Crippen molar-refractivity contribution < 1.29 is 9.53 Å². The molecule has 17 heavy (non-hydrogen) atoms. The summed E-state index contributed by atoms with van der Waals surface area (Å²) in [6.07, 6.45) is 0.641. The first-order chi connectivity index (χ1) is 8.36. The zero-order valence-electron chi connectivity index (χ0n) is 9.43. The van der Waals surface area contributed by atoms with Gasteiger partial charge in [0.25, 0.3) is 0 Å². The van der Waals surface area contributed by atoms with Gasteiger partial charge in [-0.25, -0.2) is 4.79 Å². The van der Waals surface area contributed by atoms with E-state index in [-0.39, 0.29) is 6.09 Å². The van der Waals surface area contributed by atoms with Crippen LogP contribution in [0, 0.1) is 0 Å². The molecule has 0 aromatic heterocycles. The van der Waals surface area contributed by atoms with Crippen LogP contribution < -0.4 is 4.90 Å². The van der Waals surface area contributed by atoms with Crippen molar-refractivity contribution in [1.82, 2.24) is 0 Å². The van der Waals surface area contributed by atoms with E-state index < -0.39 is 0 Å². The molecular weight excluding hydrogens is 214 g/mol. The monoisotopic (exact) mass is 227 g/mol. The Morgan fingerprint density at radius 2 is 1.88 bits per heavy atom. The lowest BCUT2D eigenvalue weighted by Crippen LogP contribution is -2.37. The molecule has 1 aliphatic heterocycles. The molecule has 0 saturated carbocycles. The normalized spacial score (nSPS) is 16.0. The SMILES string of the molecule is O=C1OCCCN1c1cccc2ccccc12. The van der Waals surface area contributed by atoms with E-state index in [1.165, 1.54) is 0 Å². The van der Waals surface area contributed by atoms with Crippen molar-refractivity contribution >= 4 is 22.6 Å². The van der Waals surface area contributed by atoms with Crippen molar-refractivity contribution in [1.29, 1.82) is 0 Å². The highest BCUT2D eigenvalue weighted by molar-refractivity contribution is 6.01. The molecule has 3 rings (SSSR count). The van der Waals surface area contributed by atoms with E-state index in [1.807, 2.05) is 42.5 Å². The summed E-state index contributed by atoms with van der Waals surface area (Å²) in [4.78, 5) is 13.5. The summed E-state index contributed by atoms with van der Waals surface area (Å²) in [6.45, 7) is 1.26. The van der Waals surface area contributed by atoms with Crippen LogP contribution in [0.5, 0.6) is 0 Å². The van der Waals surface area contributed by atoms with Gasteiger partial charge < -0.3 is 4.74 Å². The predicted molar refractivity (Wildman–Crippen MR) is 67.3 cm³/mol. The fourth-order valence-corrected chi connectivity index (χ4v) is 2.21. The van der Waals surface area contributed by atoms with E-state index in [4.69, 9.17) is 4.74 Å². The van der Waals surface area contributed by atoms with Crippen molar-refractivity contribution in [3.63, 3.8) is 0 Å². The minimum absolute atomic E-state index is 0.243. The molecule has 0 atom stereocenters. The summed E-state index contributed by atoms with van der Waals surface area (Å²) >= 11 is 0. The molecule has 0 bridgehead atoms. The lowest BCUT2D eigenvalue weighted by molar-refractivity contribution is 0.140. The minimum atomic E-state index is -0.243. The van der Waals surface area contributed by atoms with Crippen molar-refractivity contribution in [2.45, 2.75) is 6.42 Å². The standard InChI is InChI=1S/C14H13NO2/c16-14-15(9-4-10-17-14)13-8-3-6-11-5-1-2-7-12(11)13/h1-3,5-8H,4,9-10H2. The van der Waals surface area contributed by atoms with Crippen LogP contribution in [0.3, 0.4) is 0 Å². The zero-order valence-corrected chi connectivity index (χ0v) is 9.43. The van der Waals surface area contributed by atoms with E-state index in [0.29, 0.717) is 6.61 Å². The third kappa shape index (κ3) is 1.73. The van der Waals surface area contributed by atoms with E-state index in [9.17, 15) is 4.79 Å². The van der Waals surface area contributed by atoms with Gasteiger partial charge in [-0.1, -0.05) is 36.4 Å². The van der Waals surface area contributed by atoms with Gasteiger partial charge in [0.05, 0.1) is 12.3 Å². The number of carbonyl (C=O) groups excluding carboxylic acids is 1. The number of fused-ring (bicyclic) bond motifs is 1. The lowest BCUT2D eigenvalue weighted by Gasteiger charge is -2.27. The smallest absolute Gasteiger partial charge is 0.414 e. The van der Waals surface area contributed by atoms with Gasteiger partial charge in [-0.15, -0.1) is 0 Å².